The molecule has 4 heteroatoms. The van der Waals surface area contributed by atoms with E-state index in [-0.39, 0.29) is 6.10 Å². The molecular formula is C13H16BrClO2. The lowest BCUT2D eigenvalue weighted by molar-refractivity contribution is -0.180. The first kappa shape index (κ1) is 13.3. The van der Waals surface area contributed by atoms with Crippen LogP contribution in [-0.2, 0) is 15.3 Å². The molecule has 0 radical (unpaired) electrons. The Labute approximate surface area is 115 Å². The molecule has 1 aliphatic rings. The average Bonchev–Trinajstić information content (AvgIpc) is 2.70. The molecule has 0 aromatic heterocycles. The molecule has 2 unspecified atom stereocenters. The third-order valence-corrected chi connectivity index (χ3v) is 3.68. The van der Waals surface area contributed by atoms with Crippen LogP contribution in [0.25, 0.3) is 0 Å². The zero-order chi connectivity index (χ0) is 12.3. The van der Waals surface area contributed by atoms with Crippen LogP contribution in [0.15, 0.2) is 24.3 Å². The number of hydrogen-bond acceptors (Lipinski definition) is 2. The Bertz CT molecular complexity index is 368. The van der Waals surface area contributed by atoms with Gasteiger partial charge in [0.25, 0.3) is 0 Å². The van der Waals surface area contributed by atoms with Gasteiger partial charge >= 0.3 is 0 Å². The van der Waals surface area contributed by atoms with Gasteiger partial charge in [-0.2, -0.15) is 0 Å². The summed E-state index contributed by atoms with van der Waals surface area (Å²) in [5, 5.41) is 1.68. The Balaban J connectivity index is 2.23. The lowest BCUT2D eigenvalue weighted by Gasteiger charge is -2.28. The molecule has 0 aliphatic carbocycles. The summed E-state index contributed by atoms with van der Waals surface area (Å²) in [6, 6.07) is 7.72. The predicted molar refractivity (Wildman–Crippen MR) is 72.7 cm³/mol. The molecule has 1 aliphatic heterocycles. The highest BCUT2D eigenvalue weighted by Gasteiger charge is 2.40. The van der Waals surface area contributed by atoms with Crippen LogP contribution < -0.4 is 0 Å². The summed E-state index contributed by atoms with van der Waals surface area (Å²) >= 11 is 9.36. The molecule has 2 nitrogen and oxygen atoms in total. The molecule has 0 saturated carbocycles. The fourth-order valence-electron chi connectivity index (χ4n) is 2.08. The summed E-state index contributed by atoms with van der Waals surface area (Å²) in [5.41, 5.74) is 1.05. The second kappa shape index (κ2) is 5.70. The Morgan fingerprint density at radius 2 is 2.12 bits per heavy atom. The van der Waals surface area contributed by atoms with Crippen LogP contribution in [0.2, 0.25) is 5.02 Å². The second-order valence-electron chi connectivity index (χ2n) is 4.29. The zero-order valence-electron chi connectivity index (χ0n) is 9.79. The smallest absolute Gasteiger partial charge is 0.195 e. The first-order valence-electron chi connectivity index (χ1n) is 5.80. The van der Waals surface area contributed by atoms with Crippen molar-refractivity contribution < 1.29 is 9.47 Å². The first-order chi connectivity index (χ1) is 8.16. The fourth-order valence-corrected chi connectivity index (χ4v) is 2.48. The van der Waals surface area contributed by atoms with Crippen molar-refractivity contribution in [2.45, 2.75) is 31.7 Å². The summed E-state index contributed by atoms with van der Waals surface area (Å²) in [4.78, 5) is 0. The van der Waals surface area contributed by atoms with Crippen molar-refractivity contribution in [1.29, 1.82) is 0 Å². The maximum absolute atomic E-state index is 5.99. The van der Waals surface area contributed by atoms with E-state index in [2.05, 4.69) is 15.9 Å². The minimum atomic E-state index is -0.586. The Kier molecular flexibility index (Phi) is 4.47. The average molecular weight is 320 g/mol. The van der Waals surface area contributed by atoms with Crippen LogP contribution in [-0.4, -0.2) is 18.0 Å². The molecule has 1 aromatic carbocycles. The highest BCUT2D eigenvalue weighted by atomic mass is 79.9. The molecule has 0 bridgehead atoms. The quantitative estimate of drug-likeness (QED) is 0.778. The monoisotopic (exact) mass is 318 g/mol. The standard InChI is InChI=1S/C13H16BrClO2/c1-10-9-16-13(17-10,7-2-8-14)11-3-5-12(15)6-4-11/h3-6,10H,2,7-9H2,1H3. The van der Waals surface area contributed by atoms with E-state index in [1.807, 2.05) is 31.2 Å². The van der Waals surface area contributed by atoms with Gasteiger partial charge in [-0.3, -0.25) is 0 Å². The molecule has 0 spiro atoms. The molecule has 1 fully saturated rings. The highest BCUT2D eigenvalue weighted by molar-refractivity contribution is 9.09. The van der Waals surface area contributed by atoms with Crippen molar-refractivity contribution in [3.8, 4) is 0 Å². The van der Waals surface area contributed by atoms with Crippen LogP contribution in [0, 0.1) is 0 Å². The van der Waals surface area contributed by atoms with Gasteiger partial charge in [0.15, 0.2) is 5.79 Å². The number of benzene rings is 1. The normalized spacial score (nSPS) is 28.5. The maximum atomic E-state index is 5.99. The van der Waals surface area contributed by atoms with Crippen LogP contribution in [0.1, 0.15) is 25.3 Å². The SMILES string of the molecule is CC1COC(CCCBr)(c2ccc(Cl)cc2)O1. The number of halogens is 2. The summed E-state index contributed by atoms with van der Waals surface area (Å²) in [6.07, 6.45) is 2.00. The number of hydrogen-bond donors (Lipinski definition) is 0. The first-order valence-corrected chi connectivity index (χ1v) is 7.30. The van der Waals surface area contributed by atoms with Gasteiger partial charge in [0.05, 0.1) is 12.7 Å². The van der Waals surface area contributed by atoms with Crippen LogP contribution in [0.4, 0.5) is 0 Å². The van der Waals surface area contributed by atoms with Gasteiger partial charge in [0, 0.05) is 22.3 Å². The van der Waals surface area contributed by atoms with E-state index in [0.29, 0.717) is 6.61 Å². The second-order valence-corrected chi connectivity index (χ2v) is 5.52. The third kappa shape index (κ3) is 3.02. The van der Waals surface area contributed by atoms with E-state index in [0.717, 1.165) is 28.8 Å². The summed E-state index contributed by atoms with van der Waals surface area (Å²) < 4.78 is 11.9. The van der Waals surface area contributed by atoms with Gasteiger partial charge in [0.1, 0.15) is 0 Å². The predicted octanol–water partition coefficient (Wildman–Crippen LogP) is 4.10. The van der Waals surface area contributed by atoms with E-state index in [9.17, 15) is 0 Å². The van der Waals surface area contributed by atoms with Crippen molar-refractivity contribution in [1.82, 2.24) is 0 Å². The Morgan fingerprint density at radius 3 is 2.65 bits per heavy atom. The van der Waals surface area contributed by atoms with Crippen LogP contribution in [0.5, 0.6) is 0 Å². The minimum Gasteiger partial charge on any atom is -0.343 e. The summed E-state index contributed by atoms with van der Waals surface area (Å²) in [6.45, 7) is 2.68. The molecule has 0 N–H and O–H groups in total. The summed E-state index contributed by atoms with van der Waals surface area (Å²) in [5.74, 6) is -0.586. The molecule has 1 saturated heterocycles. The Hall–Kier alpha value is -0.0900. The molecule has 0 amide bonds. The molecule has 94 valence electrons. The Morgan fingerprint density at radius 1 is 1.41 bits per heavy atom. The van der Waals surface area contributed by atoms with Gasteiger partial charge in [0.2, 0.25) is 0 Å². The molecule has 17 heavy (non-hydrogen) atoms. The van der Waals surface area contributed by atoms with E-state index in [4.69, 9.17) is 21.1 Å². The van der Waals surface area contributed by atoms with Gasteiger partial charge in [-0.05, 0) is 25.5 Å². The van der Waals surface area contributed by atoms with Crippen molar-refractivity contribution >= 4 is 27.5 Å². The summed E-state index contributed by atoms with van der Waals surface area (Å²) in [7, 11) is 0. The maximum Gasteiger partial charge on any atom is 0.195 e. The van der Waals surface area contributed by atoms with Crippen molar-refractivity contribution in [3.63, 3.8) is 0 Å². The molecular weight excluding hydrogens is 303 g/mol. The van der Waals surface area contributed by atoms with Crippen LogP contribution >= 0.6 is 27.5 Å². The van der Waals surface area contributed by atoms with Gasteiger partial charge < -0.3 is 9.47 Å². The van der Waals surface area contributed by atoms with Gasteiger partial charge in [-0.1, -0.05) is 39.7 Å². The molecule has 1 aromatic rings. The van der Waals surface area contributed by atoms with E-state index < -0.39 is 5.79 Å². The zero-order valence-corrected chi connectivity index (χ0v) is 12.1. The van der Waals surface area contributed by atoms with E-state index in [1.54, 1.807) is 0 Å². The fraction of sp³-hybridized carbons (Fsp3) is 0.538. The number of rotatable bonds is 4. The van der Waals surface area contributed by atoms with Crippen molar-refractivity contribution in [2.24, 2.45) is 0 Å². The number of ether oxygens (including phenoxy) is 2. The topological polar surface area (TPSA) is 18.5 Å². The van der Waals surface area contributed by atoms with Crippen LogP contribution in [0.3, 0.4) is 0 Å². The van der Waals surface area contributed by atoms with E-state index >= 15 is 0 Å². The lowest BCUT2D eigenvalue weighted by atomic mass is 10.0. The minimum absolute atomic E-state index is 0.140. The lowest BCUT2D eigenvalue weighted by Crippen LogP contribution is -2.28. The van der Waals surface area contributed by atoms with Gasteiger partial charge in [-0.15, -0.1) is 0 Å². The largest absolute Gasteiger partial charge is 0.343 e. The highest BCUT2D eigenvalue weighted by Crippen LogP contribution is 2.38. The molecule has 1 heterocycles. The van der Waals surface area contributed by atoms with Crippen molar-refractivity contribution in [2.75, 3.05) is 11.9 Å². The van der Waals surface area contributed by atoms with E-state index in [1.165, 1.54) is 0 Å². The third-order valence-electron chi connectivity index (χ3n) is 2.87. The van der Waals surface area contributed by atoms with Gasteiger partial charge in [-0.25, -0.2) is 0 Å². The number of alkyl halides is 1. The van der Waals surface area contributed by atoms with Crippen molar-refractivity contribution in [3.05, 3.63) is 34.9 Å². The molecule has 2 rings (SSSR count). The molecule has 2 atom stereocenters.